The normalized spacial score (nSPS) is 16.2. The van der Waals surface area contributed by atoms with Crippen LogP contribution in [0.4, 0.5) is 4.79 Å². The number of amides is 2. The minimum Gasteiger partial charge on any atom is -0.480 e. The summed E-state index contributed by atoms with van der Waals surface area (Å²) in [4.78, 5) is 38.0. The predicted octanol–water partition coefficient (Wildman–Crippen LogP) is 3.77. The number of alkyl carbamates (subject to hydrolysis) is 1. The lowest BCUT2D eigenvalue weighted by Crippen LogP contribution is -2.51. The summed E-state index contributed by atoms with van der Waals surface area (Å²) in [6.45, 7) is 1.36. The number of ether oxygens (including phenoxy) is 1. The van der Waals surface area contributed by atoms with Crippen LogP contribution in [-0.2, 0) is 14.3 Å². The molecule has 0 unspecified atom stereocenters. The molecule has 0 radical (unpaired) electrons. The minimum absolute atomic E-state index is 0.0684. The van der Waals surface area contributed by atoms with Crippen LogP contribution in [-0.4, -0.2) is 53.2 Å². The maximum atomic E-state index is 12.9. The Bertz CT molecular complexity index is 969. The van der Waals surface area contributed by atoms with Crippen LogP contribution in [0.5, 0.6) is 0 Å². The Balaban J connectivity index is 1.38. The van der Waals surface area contributed by atoms with E-state index in [1.807, 2.05) is 36.4 Å². The lowest BCUT2D eigenvalue weighted by atomic mass is 9.98. The number of carbonyl (C=O) groups excluding carboxylic acids is 2. The number of rotatable bonds is 7. The highest BCUT2D eigenvalue weighted by Crippen LogP contribution is 2.44. The maximum absolute atomic E-state index is 12.9. The second-order valence-corrected chi connectivity index (χ2v) is 8.49. The molecule has 0 saturated heterocycles. The van der Waals surface area contributed by atoms with Crippen molar-refractivity contribution in [2.45, 2.75) is 50.6 Å². The first-order valence-corrected chi connectivity index (χ1v) is 11.1. The number of aliphatic carboxylic acids is 1. The molecular weight excluding hydrogens is 408 g/mol. The van der Waals surface area contributed by atoms with Crippen molar-refractivity contribution < 1.29 is 24.2 Å². The van der Waals surface area contributed by atoms with Crippen LogP contribution in [0.3, 0.4) is 0 Å². The van der Waals surface area contributed by atoms with E-state index in [0.29, 0.717) is 0 Å². The van der Waals surface area contributed by atoms with Crippen LogP contribution in [0.15, 0.2) is 48.5 Å². The van der Waals surface area contributed by atoms with Gasteiger partial charge in [0.15, 0.2) is 0 Å². The third-order valence-electron chi connectivity index (χ3n) is 6.40. The van der Waals surface area contributed by atoms with Gasteiger partial charge in [-0.1, -0.05) is 61.4 Å². The van der Waals surface area contributed by atoms with E-state index in [-0.39, 0.29) is 25.1 Å². The van der Waals surface area contributed by atoms with Crippen molar-refractivity contribution in [3.63, 3.8) is 0 Å². The number of carboxylic acids is 1. The molecule has 2 amide bonds. The number of nitrogens with zero attached hydrogens (tertiary/aromatic N) is 1. The monoisotopic (exact) mass is 436 g/mol. The van der Waals surface area contributed by atoms with Crippen LogP contribution < -0.4 is 5.32 Å². The highest BCUT2D eigenvalue weighted by molar-refractivity contribution is 5.88. The zero-order chi connectivity index (χ0) is 22.7. The Kier molecular flexibility index (Phi) is 6.44. The molecular formula is C25H28N2O5. The van der Waals surface area contributed by atoms with E-state index >= 15 is 0 Å². The zero-order valence-corrected chi connectivity index (χ0v) is 18.1. The van der Waals surface area contributed by atoms with E-state index in [0.717, 1.165) is 47.9 Å². The lowest BCUT2D eigenvalue weighted by molar-refractivity contribution is -0.146. The Morgan fingerprint density at radius 1 is 1.03 bits per heavy atom. The Labute approximate surface area is 187 Å². The highest BCUT2D eigenvalue weighted by Gasteiger charge is 2.33. The summed E-state index contributed by atoms with van der Waals surface area (Å²) in [5.74, 6) is -1.52. The third-order valence-corrected chi connectivity index (χ3v) is 6.40. The van der Waals surface area contributed by atoms with Gasteiger partial charge in [-0.25, -0.2) is 4.79 Å². The van der Waals surface area contributed by atoms with E-state index in [1.165, 1.54) is 4.90 Å². The molecule has 0 heterocycles. The average molecular weight is 437 g/mol. The Hall–Kier alpha value is -3.35. The first-order chi connectivity index (χ1) is 15.5. The summed E-state index contributed by atoms with van der Waals surface area (Å²) in [5, 5.41) is 11.8. The molecule has 0 aromatic heterocycles. The lowest BCUT2D eigenvalue weighted by Gasteiger charge is -2.30. The minimum atomic E-state index is -1.06. The van der Waals surface area contributed by atoms with Gasteiger partial charge >= 0.3 is 12.1 Å². The number of carboxylic acid groups (broad SMARTS) is 1. The van der Waals surface area contributed by atoms with Crippen molar-refractivity contribution in [2.75, 3.05) is 13.2 Å². The van der Waals surface area contributed by atoms with E-state index in [4.69, 9.17) is 4.74 Å². The van der Waals surface area contributed by atoms with E-state index in [2.05, 4.69) is 17.4 Å². The topological polar surface area (TPSA) is 95.9 Å². The molecule has 4 rings (SSSR count). The van der Waals surface area contributed by atoms with Crippen LogP contribution >= 0.6 is 0 Å². The van der Waals surface area contributed by atoms with E-state index in [9.17, 15) is 19.5 Å². The summed E-state index contributed by atoms with van der Waals surface area (Å²) >= 11 is 0. The summed E-state index contributed by atoms with van der Waals surface area (Å²) in [5.41, 5.74) is 4.50. The predicted molar refractivity (Wildman–Crippen MR) is 119 cm³/mol. The summed E-state index contributed by atoms with van der Waals surface area (Å²) in [6.07, 6.45) is 2.84. The van der Waals surface area contributed by atoms with Crippen LogP contribution in [0.25, 0.3) is 11.1 Å². The van der Waals surface area contributed by atoms with E-state index < -0.39 is 24.0 Å². The third kappa shape index (κ3) is 4.47. The molecule has 168 valence electrons. The van der Waals surface area contributed by atoms with Gasteiger partial charge in [0.1, 0.15) is 19.2 Å². The van der Waals surface area contributed by atoms with Crippen molar-refractivity contribution in [1.29, 1.82) is 0 Å². The van der Waals surface area contributed by atoms with Crippen LogP contribution in [0, 0.1) is 0 Å². The van der Waals surface area contributed by atoms with Crippen molar-refractivity contribution in [3.8, 4) is 11.1 Å². The molecule has 7 nitrogen and oxygen atoms in total. The first kappa shape index (κ1) is 21.9. The fourth-order valence-electron chi connectivity index (χ4n) is 4.88. The molecule has 0 aliphatic heterocycles. The second-order valence-electron chi connectivity index (χ2n) is 8.49. The summed E-state index contributed by atoms with van der Waals surface area (Å²) in [7, 11) is 0. The van der Waals surface area contributed by atoms with Gasteiger partial charge in [-0.05, 0) is 42.0 Å². The van der Waals surface area contributed by atoms with Gasteiger partial charge in [0.2, 0.25) is 5.91 Å². The maximum Gasteiger partial charge on any atom is 0.407 e. The molecule has 32 heavy (non-hydrogen) atoms. The molecule has 2 N–H and O–H groups in total. The van der Waals surface area contributed by atoms with Crippen molar-refractivity contribution >= 4 is 18.0 Å². The molecule has 0 bridgehead atoms. The second kappa shape index (κ2) is 9.42. The molecule has 2 aromatic rings. The van der Waals surface area contributed by atoms with Crippen molar-refractivity contribution in [1.82, 2.24) is 10.2 Å². The van der Waals surface area contributed by atoms with Gasteiger partial charge in [-0.2, -0.15) is 0 Å². The molecule has 7 heteroatoms. The van der Waals surface area contributed by atoms with Gasteiger partial charge < -0.3 is 20.1 Å². The number of hydrogen-bond acceptors (Lipinski definition) is 4. The van der Waals surface area contributed by atoms with Gasteiger partial charge in [0, 0.05) is 12.0 Å². The van der Waals surface area contributed by atoms with Gasteiger partial charge in [0.25, 0.3) is 0 Å². The largest absolute Gasteiger partial charge is 0.480 e. The number of benzene rings is 2. The molecule has 1 saturated carbocycles. The van der Waals surface area contributed by atoms with Crippen LogP contribution in [0.2, 0.25) is 0 Å². The summed E-state index contributed by atoms with van der Waals surface area (Å²) < 4.78 is 5.51. The van der Waals surface area contributed by atoms with Gasteiger partial charge in [-0.15, -0.1) is 0 Å². The smallest absolute Gasteiger partial charge is 0.407 e. The molecule has 2 aliphatic rings. The standard InChI is InChI=1S/C25H28N2O5/c1-16(24(30)27(14-23(28)29)17-8-2-3-9-17)26-25(31)32-15-22-20-12-6-4-10-18(20)19-11-5-7-13-21(19)22/h4-7,10-13,16-17,22H,2-3,8-9,14-15H2,1H3,(H,26,31)(H,28,29)/t16-/m1/s1. The Morgan fingerprint density at radius 2 is 1.59 bits per heavy atom. The van der Waals surface area contributed by atoms with Crippen LogP contribution in [0.1, 0.15) is 49.7 Å². The van der Waals surface area contributed by atoms with Gasteiger partial charge in [-0.3, -0.25) is 9.59 Å². The van der Waals surface area contributed by atoms with E-state index in [1.54, 1.807) is 6.92 Å². The molecule has 1 fully saturated rings. The highest BCUT2D eigenvalue weighted by atomic mass is 16.5. The fraction of sp³-hybridized carbons (Fsp3) is 0.400. The van der Waals surface area contributed by atoms with Crippen molar-refractivity contribution in [2.24, 2.45) is 0 Å². The number of nitrogens with one attached hydrogen (secondary N) is 1. The number of fused-ring (bicyclic) bond motifs is 3. The molecule has 2 aliphatic carbocycles. The summed E-state index contributed by atoms with van der Waals surface area (Å²) in [6, 6.07) is 15.2. The number of hydrogen-bond donors (Lipinski definition) is 2. The quantitative estimate of drug-likeness (QED) is 0.689. The zero-order valence-electron chi connectivity index (χ0n) is 18.1. The average Bonchev–Trinajstić information content (AvgIpc) is 3.42. The molecule has 1 atom stereocenters. The SMILES string of the molecule is C[C@@H](NC(=O)OCC1c2ccccc2-c2ccccc21)C(=O)N(CC(=O)O)C1CCCC1. The molecule has 0 spiro atoms. The van der Waals surface area contributed by atoms with Gasteiger partial charge in [0.05, 0.1) is 0 Å². The number of carbonyl (C=O) groups is 3. The Morgan fingerprint density at radius 3 is 2.16 bits per heavy atom. The first-order valence-electron chi connectivity index (χ1n) is 11.1. The fourth-order valence-corrected chi connectivity index (χ4v) is 4.88. The molecule has 2 aromatic carbocycles. The van der Waals surface area contributed by atoms with Crippen molar-refractivity contribution in [3.05, 3.63) is 59.7 Å².